The maximum Gasteiger partial charge on any atom is 0.225 e. The maximum absolute atomic E-state index is 12.8. The van der Waals surface area contributed by atoms with Crippen LogP contribution in [0, 0.1) is 6.92 Å². The third-order valence-electron chi connectivity index (χ3n) is 6.24. The van der Waals surface area contributed by atoms with Gasteiger partial charge in [0.05, 0.1) is 36.0 Å². The summed E-state index contributed by atoms with van der Waals surface area (Å²) in [6, 6.07) is 11.9. The van der Waals surface area contributed by atoms with Crippen LogP contribution in [0.3, 0.4) is 0 Å². The average Bonchev–Trinajstić information content (AvgIpc) is 3.34. The average molecular weight is 418 g/mol. The van der Waals surface area contributed by atoms with Crippen LogP contribution in [-0.2, 0) is 6.42 Å². The fraction of sp³-hybridized carbons (Fsp3) is 0.375. The highest BCUT2D eigenvalue weighted by atomic mass is 16.5. The molecule has 1 atom stereocenters. The van der Waals surface area contributed by atoms with Gasteiger partial charge in [-0.1, -0.05) is 12.1 Å². The first-order valence-electron chi connectivity index (χ1n) is 10.7. The van der Waals surface area contributed by atoms with Gasteiger partial charge in [-0.05, 0) is 31.2 Å². The summed E-state index contributed by atoms with van der Waals surface area (Å²) in [6.45, 7) is 5.25. The second-order valence-electron chi connectivity index (χ2n) is 8.12. The molecule has 2 aromatic heterocycles. The van der Waals surface area contributed by atoms with Crippen molar-refractivity contribution >= 4 is 17.4 Å². The normalized spacial score (nSPS) is 18.8. The van der Waals surface area contributed by atoms with E-state index in [9.17, 15) is 4.79 Å². The number of furan rings is 1. The van der Waals surface area contributed by atoms with Gasteiger partial charge in [-0.3, -0.25) is 4.79 Å². The van der Waals surface area contributed by atoms with Gasteiger partial charge in [0.25, 0.3) is 0 Å². The molecule has 7 heteroatoms. The summed E-state index contributed by atoms with van der Waals surface area (Å²) >= 11 is 0. The molecule has 7 nitrogen and oxygen atoms in total. The van der Waals surface area contributed by atoms with Gasteiger partial charge in [0.1, 0.15) is 11.5 Å². The number of methoxy groups -OCH3 is 1. The first-order chi connectivity index (χ1) is 15.1. The Morgan fingerprint density at radius 1 is 1.00 bits per heavy atom. The minimum absolute atomic E-state index is 0.0412. The molecule has 1 aliphatic carbocycles. The Balaban J connectivity index is 1.36. The zero-order valence-corrected chi connectivity index (χ0v) is 17.9. The predicted octanol–water partition coefficient (Wildman–Crippen LogP) is 3.63. The number of Topliss-reactive ketones (excluding diaryl/α,β-unsaturated/α-hetero) is 1. The number of anilines is 2. The van der Waals surface area contributed by atoms with Gasteiger partial charge in [0.2, 0.25) is 5.95 Å². The minimum Gasteiger partial charge on any atom is -0.495 e. The SMILES string of the molecule is COc1ccccc1N1CCN(c2nc(C)c3c(n2)C[C@@H](c2ccco2)CC3=O)CC1. The molecule has 5 rings (SSSR count). The molecule has 1 fully saturated rings. The molecule has 3 heterocycles. The topological polar surface area (TPSA) is 71.7 Å². The first-order valence-corrected chi connectivity index (χ1v) is 10.7. The van der Waals surface area contributed by atoms with E-state index in [0.717, 1.165) is 54.8 Å². The summed E-state index contributed by atoms with van der Waals surface area (Å²) in [5, 5.41) is 0. The van der Waals surface area contributed by atoms with Crippen LogP contribution in [0.25, 0.3) is 0 Å². The molecule has 0 N–H and O–H groups in total. The number of aromatic nitrogens is 2. The van der Waals surface area contributed by atoms with Gasteiger partial charge >= 0.3 is 0 Å². The van der Waals surface area contributed by atoms with Crippen LogP contribution in [0.5, 0.6) is 5.75 Å². The van der Waals surface area contributed by atoms with Gasteiger partial charge in [0, 0.05) is 44.9 Å². The van der Waals surface area contributed by atoms with E-state index in [1.54, 1.807) is 13.4 Å². The summed E-state index contributed by atoms with van der Waals surface area (Å²) in [6.07, 6.45) is 2.81. The molecule has 31 heavy (non-hydrogen) atoms. The summed E-state index contributed by atoms with van der Waals surface area (Å²) in [4.78, 5) is 26.9. The number of benzene rings is 1. The van der Waals surface area contributed by atoms with Crippen molar-refractivity contribution < 1.29 is 13.9 Å². The molecule has 0 unspecified atom stereocenters. The van der Waals surface area contributed by atoms with Gasteiger partial charge in [0.15, 0.2) is 5.78 Å². The minimum atomic E-state index is 0.0412. The molecule has 0 bridgehead atoms. The van der Waals surface area contributed by atoms with E-state index in [-0.39, 0.29) is 11.7 Å². The van der Waals surface area contributed by atoms with Crippen molar-refractivity contribution in [2.75, 3.05) is 43.1 Å². The van der Waals surface area contributed by atoms with Crippen LogP contribution in [0.4, 0.5) is 11.6 Å². The summed E-state index contributed by atoms with van der Waals surface area (Å²) in [7, 11) is 1.70. The van der Waals surface area contributed by atoms with Crippen LogP contribution >= 0.6 is 0 Å². The molecular weight excluding hydrogens is 392 g/mol. The molecule has 1 aromatic carbocycles. The lowest BCUT2D eigenvalue weighted by atomic mass is 9.84. The zero-order valence-electron chi connectivity index (χ0n) is 17.9. The maximum atomic E-state index is 12.8. The molecule has 1 saturated heterocycles. The highest BCUT2D eigenvalue weighted by Gasteiger charge is 2.32. The van der Waals surface area contributed by atoms with Crippen molar-refractivity contribution in [1.82, 2.24) is 9.97 Å². The highest BCUT2D eigenvalue weighted by Crippen LogP contribution is 2.34. The van der Waals surface area contributed by atoms with Crippen molar-refractivity contribution in [3.63, 3.8) is 0 Å². The predicted molar refractivity (Wildman–Crippen MR) is 118 cm³/mol. The number of hydrogen-bond donors (Lipinski definition) is 0. The Labute approximate surface area is 181 Å². The molecule has 0 radical (unpaired) electrons. The standard InChI is InChI=1S/C24H26N4O3/c1-16-23-18(14-17(15-20(23)29)21-8-5-13-31-21)26-24(25-16)28-11-9-27(10-12-28)19-6-3-4-7-22(19)30-2/h3-8,13,17H,9-12,14-15H2,1-2H3/t17-/m1/s1. The molecule has 1 aliphatic heterocycles. The zero-order chi connectivity index (χ0) is 21.4. The quantitative estimate of drug-likeness (QED) is 0.641. The monoisotopic (exact) mass is 418 g/mol. The Bertz CT molecular complexity index is 1090. The fourth-order valence-corrected chi connectivity index (χ4v) is 4.66. The second kappa shape index (κ2) is 8.06. The molecule has 0 amide bonds. The number of rotatable bonds is 4. The van der Waals surface area contributed by atoms with Crippen molar-refractivity contribution in [2.45, 2.75) is 25.7 Å². The first kappa shape index (κ1) is 19.6. The lowest BCUT2D eigenvalue weighted by Crippen LogP contribution is -2.47. The third kappa shape index (κ3) is 3.65. The molecule has 0 spiro atoms. The van der Waals surface area contributed by atoms with Gasteiger partial charge in [-0.25, -0.2) is 9.97 Å². The van der Waals surface area contributed by atoms with Crippen LogP contribution in [0.1, 0.15) is 39.8 Å². The highest BCUT2D eigenvalue weighted by molar-refractivity contribution is 5.99. The summed E-state index contributed by atoms with van der Waals surface area (Å²) < 4.78 is 11.1. The van der Waals surface area contributed by atoms with E-state index in [1.807, 2.05) is 37.3 Å². The summed E-state index contributed by atoms with van der Waals surface area (Å²) in [5.74, 6) is 2.59. The Kier molecular flexibility index (Phi) is 5.10. The lowest BCUT2D eigenvalue weighted by molar-refractivity contribution is 0.0958. The fourth-order valence-electron chi connectivity index (χ4n) is 4.66. The Morgan fingerprint density at radius 2 is 1.77 bits per heavy atom. The lowest BCUT2D eigenvalue weighted by Gasteiger charge is -2.37. The molecule has 2 aliphatic rings. The van der Waals surface area contributed by atoms with Gasteiger partial charge < -0.3 is 19.0 Å². The molecule has 3 aromatic rings. The number of aryl methyl sites for hydroxylation is 1. The van der Waals surface area contributed by atoms with E-state index in [0.29, 0.717) is 24.4 Å². The van der Waals surface area contributed by atoms with E-state index >= 15 is 0 Å². The number of para-hydroxylation sites is 2. The van der Waals surface area contributed by atoms with E-state index in [4.69, 9.17) is 19.1 Å². The number of fused-ring (bicyclic) bond motifs is 1. The van der Waals surface area contributed by atoms with E-state index < -0.39 is 0 Å². The van der Waals surface area contributed by atoms with Gasteiger partial charge in [-0.15, -0.1) is 0 Å². The number of ketones is 1. The van der Waals surface area contributed by atoms with Gasteiger partial charge in [-0.2, -0.15) is 0 Å². The van der Waals surface area contributed by atoms with Crippen LogP contribution in [0.15, 0.2) is 47.1 Å². The third-order valence-corrected chi connectivity index (χ3v) is 6.24. The Hall–Kier alpha value is -3.35. The number of piperazine rings is 1. The van der Waals surface area contributed by atoms with E-state index in [2.05, 4.69) is 15.9 Å². The number of carbonyl (C=O) groups is 1. The molecule has 0 saturated carbocycles. The number of nitrogens with zero attached hydrogens (tertiary/aromatic N) is 4. The largest absolute Gasteiger partial charge is 0.495 e. The van der Waals surface area contributed by atoms with Crippen molar-refractivity contribution in [1.29, 1.82) is 0 Å². The van der Waals surface area contributed by atoms with Crippen LogP contribution in [0.2, 0.25) is 0 Å². The van der Waals surface area contributed by atoms with Crippen LogP contribution < -0.4 is 14.5 Å². The van der Waals surface area contributed by atoms with Crippen molar-refractivity contribution in [3.05, 3.63) is 65.4 Å². The Morgan fingerprint density at radius 3 is 2.52 bits per heavy atom. The van der Waals surface area contributed by atoms with Crippen molar-refractivity contribution in [2.24, 2.45) is 0 Å². The smallest absolute Gasteiger partial charge is 0.225 e. The van der Waals surface area contributed by atoms with Crippen molar-refractivity contribution in [3.8, 4) is 5.75 Å². The number of carbonyl (C=O) groups excluding carboxylic acids is 1. The number of ether oxygens (including phenoxy) is 1. The van der Waals surface area contributed by atoms with E-state index in [1.165, 1.54) is 0 Å². The summed E-state index contributed by atoms with van der Waals surface area (Å²) in [5.41, 5.74) is 3.42. The van der Waals surface area contributed by atoms with Crippen LogP contribution in [-0.4, -0.2) is 49.0 Å². The number of hydrogen-bond acceptors (Lipinski definition) is 7. The molecular formula is C24H26N4O3. The molecule has 160 valence electrons. The second-order valence-corrected chi connectivity index (χ2v) is 8.12.